The molecule has 3 rings (SSSR count). The van der Waals surface area contributed by atoms with E-state index in [9.17, 15) is 4.39 Å². The first kappa shape index (κ1) is 10.5. The van der Waals surface area contributed by atoms with Crippen LogP contribution in [0.5, 0.6) is 0 Å². The SMILES string of the molecule is Fc1cccc(-c2cncn2C2CCNC2)c1. The summed E-state index contributed by atoms with van der Waals surface area (Å²) in [6.45, 7) is 1.99. The summed E-state index contributed by atoms with van der Waals surface area (Å²) in [6.07, 6.45) is 4.73. The van der Waals surface area contributed by atoms with Crippen LogP contribution in [0, 0.1) is 5.82 Å². The van der Waals surface area contributed by atoms with Crippen molar-refractivity contribution in [1.29, 1.82) is 0 Å². The van der Waals surface area contributed by atoms with Gasteiger partial charge in [-0.05, 0) is 25.1 Å². The van der Waals surface area contributed by atoms with Crippen molar-refractivity contribution in [3.63, 3.8) is 0 Å². The molecule has 1 saturated heterocycles. The van der Waals surface area contributed by atoms with Gasteiger partial charge in [-0.25, -0.2) is 9.37 Å². The molecule has 1 aliphatic rings. The molecule has 0 bridgehead atoms. The molecule has 1 atom stereocenters. The molecule has 1 aromatic carbocycles. The van der Waals surface area contributed by atoms with Gasteiger partial charge in [0, 0.05) is 18.2 Å². The number of rotatable bonds is 2. The fourth-order valence-electron chi connectivity index (χ4n) is 2.34. The fraction of sp³-hybridized carbons (Fsp3) is 0.308. The Morgan fingerprint density at radius 1 is 1.41 bits per heavy atom. The lowest BCUT2D eigenvalue weighted by Gasteiger charge is -2.14. The number of aromatic nitrogens is 2. The van der Waals surface area contributed by atoms with E-state index in [0.717, 1.165) is 30.8 Å². The van der Waals surface area contributed by atoms with Crippen LogP contribution in [0.2, 0.25) is 0 Å². The zero-order chi connectivity index (χ0) is 11.7. The van der Waals surface area contributed by atoms with Crippen LogP contribution in [-0.4, -0.2) is 22.6 Å². The summed E-state index contributed by atoms with van der Waals surface area (Å²) in [5, 5.41) is 3.33. The quantitative estimate of drug-likeness (QED) is 0.859. The van der Waals surface area contributed by atoms with Crippen molar-refractivity contribution >= 4 is 0 Å². The number of halogens is 1. The third kappa shape index (κ3) is 1.96. The third-order valence-electron chi connectivity index (χ3n) is 3.21. The van der Waals surface area contributed by atoms with E-state index < -0.39 is 0 Å². The first-order valence-corrected chi connectivity index (χ1v) is 5.83. The number of imidazole rings is 1. The molecule has 4 heteroatoms. The van der Waals surface area contributed by atoms with Crippen molar-refractivity contribution in [2.45, 2.75) is 12.5 Å². The minimum absolute atomic E-state index is 0.209. The lowest BCUT2D eigenvalue weighted by atomic mass is 10.1. The van der Waals surface area contributed by atoms with Crippen molar-refractivity contribution in [2.24, 2.45) is 0 Å². The molecule has 1 unspecified atom stereocenters. The summed E-state index contributed by atoms with van der Waals surface area (Å²) in [6, 6.07) is 7.08. The number of hydrogen-bond donors (Lipinski definition) is 1. The normalized spacial score (nSPS) is 19.7. The van der Waals surface area contributed by atoms with Crippen molar-refractivity contribution < 1.29 is 4.39 Å². The second-order valence-corrected chi connectivity index (χ2v) is 4.34. The second kappa shape index (κ2) is 4.30. The molecule has 17 heavy (non-hydrogen) atoms. The van der Waals surface area contributed by atoms with Gasteiger partial charge < -0.3 is 9.88 Å². The maximum Gasteiger partial charge on any atom is 0.123 e. The maximum atomic E-state index is 13.2. The predicted molar refractivity (Wildman–Crippen MR) is 64.1 cm³/mol. The Morgan fingerprint density at radius 2 is 2.35 bits per heavy atom. The van der Waals surface area contributed by atoms with Crippen molar-refractivity contribution in [1.82, 2.24) is 14.9 Å². The lowest BCUT2D eigenvalue weighted by Crippen LogP contribution is -2.13. The molecule has 0 radical (unpaired) electrons. The number of benzene rings is 1. The molecular formula is C13H14FN3. The highest BCUT2D eigenvalue weighted by Gasteiger charge is 2.19. The standard InChI is InChI=1S/C13H14FN3/c14-11-3-1-2-10(6-11)13-8-16-9-17(13)12-4-5-15-7-12/h1-3,6,8-9,12,15H,4-5,7H2. The Bertz CT molecular complexity index is 515. The Kier molecular flexibility index (Phi) is 2.65. The molecule has 1 aliphatic heterocycles. The average Bonchev–Trinajstić information content (AvgIpc) is 3.00. The molecule has 0 amide bonds. The highest BCUT2D eigenvalue weighted by molar-refractivity contribution is 5.59. The van der Waals surface area contributed by atoms with E-state index in [2.05, 4.69) is 14.9 Å². The van der Waals surface area contributed by atoms with E-state index in [0.29, 0.717) is 6.04 Å². The Balaban J connectivity index is 2.00. The molecule has 88 valence electrons. The largest absolute Gasteiger partial charge is 0.326 e. The van der Waals surface area contributed by atoms with Gasteiger partial charge in [0.1, 0.15) is 5.82 Å². The van der Waals surface area contributed by atoms with Gasteiger partial charge in [-0.2, -0.15) is 0 Å². The predicted octanol–water partition coefficient (Wildman–Crippen LogP) is 2.22. The zero-order valence-corrected chi connectivity index (χ0v) is 9.44. The van der Waals surface area contributed by atoms with E-state index >= 15 is 0 Å². The lowest BCUT2D eigenvalue weighted by molar-refractivity contribution is 0.551. The van der Waals surface area contributed by atoms with Gasteiger partial charge in [-0.15, -0.1) is 0 Å². The maximum absolute atomic E-state index is 13.2. The van der Waals surface area contributed by atoms with E-state index in [1.807, 2.05) is 12.4 Å². The summed E-state index contributed by atoms with van der Waals surface area (Å²) < 4.78 is 15.4. The van der Waals surface area contributed by atoms with E-state index in [4.69, 9.17) is 0 Å². The van der Waals surface area contributed by atoms with Crippen LogP contribution < -0.4 is 5.32 Å². The van der Waals surface area contributed by atoms with Crippen molar-refractivity contribution in [3.05, 3.63) is 42.6 Å². The smallest absolute Gasteiger partial charge is 0.123 e. The minimum Gasteiger partial charge on any atom is -0.326 e. The van der Waals surface area contributed by atoms with Gasteiger partial charge in [-0.3, -0.25) is 0 Å². The highest BCUT2D eigenvalue weighted by Crippen LogP contribution is 2.25. The Hall–Kier alpha value is -1.68. The number of nitrogens with one attached hydrogen (secondary N) is 1. The second-order valence-electron chi connectivity index (χ2n) is 4.34. The van der Waals surface area contributed by atoms with Crippen LogP contribution >= 0.6 is 0 Å². The van der Waals surface area contributed by atoms with Gasteiger partial charge in [0.15, 0.2) is 0 Å². The molecule has 0 spiro atoms. The van der Waals surface area contributed by atoms with Gasteiger partial charge in [0.2, 0.25) is 0 Å². The summed E-state index contributed by atoms with van der Waals surface area (Å²) in [4.78, 5) is 4.19. The monoisotopic (exact) mass is 231 g/mol. The summed E-state index contributed by atoms with van der Waals surface area (Å²) in [5.41, 5.74) is 1.87. The summed E-state index contributed by atoms with van der Waals surface area (Å²) in [5.74, 6) is -0.209. The van der Waals surface area contributed by atoms with Gasteiger partial charge in [0.05, 0.1) is 18.2 Å². The zero-order valence-electron chi connectivity index (χ0n) is 9.44. The molecule has 1 aromatic heterocycles. The van der Waals surface area contributed by atoms with E-state index in [1.165, 1.54) is 6.07 Å². The average molecular weight is 231 g/mol. The fourth-order valence-corrected chi connectivity index (χ4v) is 2.34. The van der Waals surface area contributed by atoms with Gasteiger partial charge >= 0.3 is 0 Å². The van der Waals surface area contributed by atoms with Crippen LogP contribution in [-0.2, 0) is 0 Å². The molecule has 1 N–H and O–H groups in total. The Labute approximate surface area is 99.3 Å². The number of nitrogens with zero attached hydrogens (tertiary/aromatic N) is 2. The van der Waals surface area contributed by atoms with E-state index in [-0.39, 0.29) is 5.82 Å². The molecule has 3 nitrogen and oxygen atoms in total. The van der Waals surface area contributed by atoms with Crippen LogP contribution in [0.1, 0.15) is 12.5 Å². The van der Waals surface area contributed by atoms with Crippen LogP contribution in [0.15, 0.2) is 36.8 Å². The summed E-state index contributed by atoms with van der Waals surface area (Å²) in [7, 11) is 0. The Morgan fingerprint density at radius 3 is 3.12 bits per heavy atom. The highest BCUT2D eigenvalue weighted by atomic mass is 19.1. The van der Waals surface area contributed by atoms with Crippen LogP contribution in [0.4, 0.5) is 4.39 Å². The first-order chi connectivity index (χ1) is 8.34. The van der Waals surface area contributed by atoms with Crippen molar-refractivity contribution in [2.75, 3.05) is 13.1 Å². The summed E-state index contributed by atoms with van der Waals surface area (Å²) >= 11 is 0. The topological polar surface area (TPSA) is 29.9 Å². The molecule has 0 aliphatic carbocycles. The molecule has 2 aromatic rings. The van der Waals surface area contributed by atoms with Crippen LogP contribution in [0.3, 0.4) is 0 Å². The van der Waals surface area contributed by atoms with Gasteiger partial charge in [-0.1, -0.05) is 12.1 Å². The van der Waals surface area contributed by atoms with Crippen LogP contribution in [0.25, 0.3) is 11.3 Å². The number of hydrogen-bond acceptors (Lipinski definition) is 2. The molecule has 0 saturated carbocycles. The molecular weight excluding hydrogens is 217 g/mol. The molecule has 1 fully saturated rings. The van der Waals surface area contributed by atoms with Gasteiger partial charge in [0.25, 0.3) is 0 Å². The minimum atomic E-state index is -0.209. The third-order valence-corrected chi connectivity index (χ3v) is 3.21. The first-order valence-electron chi connectivity index (χ1n) is 5.83. The van der Waals surface area contributed by atoms with E-state index in [1.54, 1.807) is 18.3 Å². The van der Waals surface area contributed by atoms with Crippen molar-refractivity contribution in [3.8, 4) is 11.3 Å². The molecule has 2 heterocycles.